The lowest BCUT2D eigenvalue weighted by molar-refractivity contribution is 0.326. The van der Waals surface area contributed by atoms with E-state index >= 15 is 0 Å². The molecule has 4 nitrogen and oxygen atoms in total. The zero-order chi connectivity index (χ0) is 9.68. The number of hydrogen-bond acceptors (Lipinski definition) is 4. The van der Waals surface area contributed by atoms with Crippen LogP contribution in [0.4, 0.5) is 0 Å². The summed E-state index contributed by atoms with van der Waals surface area (Å²) in [5.41, 5.74) is 2.77. The Hall–Kier alpha value is -0.840. The predicted octanol–water partition coefficient (Wildman–Crippen LogP) is 0.216. The number of furan rings is 1. The second-order valence-corrected chi connectivity index (χ2v) is 3.41. The monoisotopic (exact) mass is 183 g/mol. The van der Waals surface area contributed by atoms with Gasteiger partial charge in [-0.25, -0.2) is 0 Å². The average molecular weight is 183 g/mol. The van der Waals surface area contributed by atoms with Crippen molar-refractivity contribution in [3.05, 3.63) is 24.2 Å². The highest BCUT2D eigenvalue weighted by Gasteiger charge is 2.09. The number of hydrogen-bond donors (Lipinski definition) is 2. The van der Waals surface area contributed by atoms with E-state index in [1.807, 2.05) is 26.2 Å². The van der Waals surface area contributed by atoms with E-state index in [2.05, 4.69) is 10.3 Å². The molecule has 1 atom stereocenters. The Labute approximate surface area is 78.7 Å². The molecule has 0 bridgehead atoms. The van der Waals surface area contributed by atoms with Crippen LogP contribution >= 0.6 is 0 Å². The lowest BCUT2D eigenvalue weighted by Gasteiger charge is -2.18. The predicted molar refractivity (Wildman–Crippen MR) is 52.1 cm³/mol. The van der Waals surface area contributed by atoms with E-state index in [0.29, 0.717) is 0 Å². The Kier molecular flexibility index (Phi) is 3.95. The molecule has 74 valence electrons. The largest absolute Gasteiger partial charge is 0.469 e. The third kappa shape index (κ3) is 3.59. The van der Waals surface area contributed by atoms with Crippen LogP contribution in [0.5, 0.6) is 0 Å². The van der Waals surface area contributed by atoms with Crippen molar-refractivity contribution in [1.29, 1.82) is 0 Å². The summed E-state index contributed by atoms with van der Waals surface area (Å²) in [5.74, 6) is 6.38. The van der Waals surface area contributed by atoms with E-state index in [1.165, 1.54) is 0 Å². The highest BCUT2D eigenvalue weighted by atomic mass is 16.3. The second-order valence-electron chi connectivity index (χ2n) is 3.41. The Morgan fingerprint density at radius 3 is 2.85 bits per heavy atom. The molecule has 1 aromatic heterocycles. The van der Waals surface area contributed by atoms with Crippen LogP contribution < -0.4 is 11.3 Å². The van der Waals surface area contributed by atoms with E-state index in [9.17, 15) is 0 Å². The lowest BCUT2D eigenvalue weighted by Crippen LogP contribution is -2.43. The highest BCUT2D eigenvalue weighted by Crippen LogP contribution is 2.04. The lowest BCUT2D eigenvalue weighted by atomic mass is 10.2. The van der Waals surface area contributed by atoms with Crippen LogP contribution in [0, 0.1) is 0 Å². The van der Waals surface area contributed by atoms with Gasteiger partial charge in [-0.3, -0.25) is 11.3 Å². The van der Waals surface area contributed by atoms with Gasteiger partial charge < -0.3 is 9.32 Å². The minimum atomic E-state index is 0.237. The molecule has 0 aliphatic rings. The fourth-order valence-corrected chi connectivity index (χ4v) is 1.29. The molecule has 0 spiro atoms. The summed E-state index contributed by atoms with van der Waals surface area (Å²) in [6.07, 6.45) is 2.50. The molecule has 0 amide bonds. The second kappa shape index (κ2) is 5.01. The molecule has 3 N–H and O–H groups in total. The normalized spacial score (nSPS) is 13.5. The quantitative estimate of drug-likeness (QED) is 0.506. The maximum Gasteiger partial charge on any atom is 0.105 e. The van der Waals surface area contributed by atoms with Crippen molar-refractivity contribution in [2.24, 2.45) is 5.84 Å². The zero-order valence-corrected chi connectivity index (χ0v) is 8.16. The van der Waals surface area contributed by atoms with Crippen molar-refractivity contribution >= 4 is 0 Å². The summed E-state index contributed by atoms with van der Waals surface area (Å²) < 4.78 is 5.23. The molecule has 1 aromatic rings. The van der Waals surface area contributed by atoms with E-state index in [-0.39, 0.29) is 6.04 Å². The van der Waals surface area contributed by atoms with Crippen LogP contribution in [0.1, 0.15) is 5.76 Å². The Balaban J connectivity index is 2.40. The molecule has 0 saturated heterocycles. The first-order valence-corrected chi connectivity index (χ1v) is 4.35. The van der Waals surface area contributed by atoms with Gasteiger partial charge in [0.1, 0.15) is 5.76 Å². The van der Waals surface area contributed by atoms with E-state index in [1.54, 1.807) is 6.26 Å². The van der Waals surface area contributed by atoms with Gasteiger partial charge in [-0.05, 0) is 26.2 Å². The van der Waals surface area contributed by atoms with Gasteiger partial charge in [0, 0.05) is 19.0 Å². The van der Waals surface area contributed by atoms with Gasteiger partial charge in [0.2, 0.25) is 0 Å². The molecule has 0 radical (unpaired) electrons. The molecule has 1 heterocycles. The van der Waals surface area contributed by atoms with E-state index in [4.69, 9.17) is 10.3 Å². The minimum Gasteiger partial charge on any atom is -0.469 e. The summed E-state index contributed by atoms with van der Waals surface area (Å²) in [4.78, 5) is 2.09. The van der Waals surface area contributed by atoms with Crippen LogP contribution in [0.15, 0.2) is 22.8 Å². The van der Waals surface area contributed by atoms with Crippen LogP contribution in [0.3, 0.4) is 0 Å². The molecule has 4 heteroatoms. The molecule has 0 aliphatic carbocycles. The number of nitrogens with two attached hydrogens (primary N) is 1. The summed E-state index contributed by atoms with van der Waals surface area (Å²) in [6, 6.07) is 4.08. The molecule has 1 unspecified atom stereocenters. The molecule has 0 aromatic carbocycles. The summed E-state index contributed by atoms with van der Waals surface area (Å²) >= 11 is 0. The topological polar surface area (TPSA) is 54.4 Å². The van der Waals surface area contributed by atoms with Gasteiger partial charge in [-0.15, -0.1) is 0 Å². The standard InChI is InChI=1S/C9H17N3O/c1-12(2)7-8(11-10)6-9-4-3-5-13-9/h3-5,8,11H,6-7,10H2,1-2H3. The van der Waals surface area contributed by atoms with Crippen molar-refractivity contribution in [1.82, 2.24) is 10.3 Å². The van der Waals surface area contributed by atoms with Crippen molar-refractivity contribution in [3.63, 3.8) is 0 Å². The van der Waals surface area contributed by atoms with Crippen LogP contribution in [0.25, 0.3) is 0 Å². The van der Waals surface area contributed by atoms with Crippen LogP contribution in [-0.2, 0) is 6.42 Å². The summed E-state index contributed by atoms with van der Waals surface area (Å²) in [6.45, 7) is 0.900. The van der Waals surface area contributed by atoms with Gasteiger partial charge in [0.05, 0.1) is 6.26 Å². The van der Waals surface area contributed by atoms with Crippen LogP contribution in [-0.4, -0.2) is 31.6 Å². The molecule has 1 rings (SSSR count). The fraction of sp³-hybridized carbons (Fsp3) is 0.556. The van der Waals surface area contributed by atoms with Crippen molar-refractivity contribution in [2.45, 2.75) is 12.5 Å². The number of likely N-dealkylation sites (N-methyl/N-ethyl adjacent to an activating group) is 1. The third-order valence-corrected chi connectivity index (χ3v) is 1.85. The maximum absolute atomic E-state index is 5.42. The van der Waals surface area contributed by atoms with Gasteiger partial charge in [0.25, 0.3) is 0 Å². The number of hydrazine groups is 1. The van der Waals surface area contributed by atoms with Crippen LogP contribution in [0.2, 0.25) is 0 Å². The third-order valence-electron chi connectivity index (χ3n) is 1.85. The first-order chi connectivity index (χ1) is 6.22. The summed E-state index contributed by atoms with van der Waals surface area (Å²) in [7, 11) is 4.04. The average Bonchev–Trinajstić information content (AvgIpc) is 2.55. The number of nitrogens with zero attached hydrogens (tertiary/aromatic N) is 1. The fourth-order valence-electron chi connectivity index (χ4n) is 1.29. The highest BCUT2D eigenvalue weighted by molar-refractivity contribution is 5.00. The molecule has 13 heavy (non-hydrogen) atoms. The van der Waals surface area contributed by atoms with Gasteiger partial charge in [0.15, 0.2) is 0 Å². The smallest absolute Gasteiger partial charge is 0.105 e. The molecular formula is C9H17N3O. The first kappa shape index (κ1) is 10.2. The van der Waals surface area contributed by atoms with E-state index in [0.717, 1.165) is 18.7 Å². The molecule has 0 aliphatic heterocycles. The molecular weight excluding hydrogens is 166 g/mol. The summed E-state index contributed by atoms with van der Waals surface area (Å²) in [5, 5.41) is 0. The van der Waals surface area contributed by atoms with E-state index < -0.39 is 0 Å². The Morgan fingerprint density at radius 1 is 1.62 bits per heavy atom. The maximum atomic E-state index is 5.42. The SMILES string of the molecule is CN(C)CC(Cc1ccco1)NN. The molecule has 0 saturated carbocycles. The Morgan fingerprint density at radius 2 is 2.38 bits per heavy atom. The van der Waals surface area contributed by atoms with Crippen molar-refractivity contribution < 1.29 is 4.42 Å². The van der Waals surface area contributed by atoms with Crippen molar-refractivity contribution in [3.8, 4) is 0 Å². The van der Waals surface area contributed by atoms with Crippen molar-refractivity contribution in [2.75, 3.05) is 20.6 Å². The van der Waals surface area contributed by atoms with Gasteiger partial charge in [-0.1, -0.05) is 0 Å². The minimum absolute atomic E-state index is 0.237. The van der Waals surface area contributed by atoms with Gasteiger partial charge >= 0.3 is 0 Å². The Bertz CT molecular complexity index is 221. The molecule has 0 fully saturated rings. The first-order valence-electron chi connectivity index (χ1n) is 4.35. The van der Waals surface area contributed by atoms with Gasteiger partial charge in [-0.2, -0.15) is 0 Å². The number of nitrogens with one attached hydrogen (secondary N) is 1. The number of rotatable bonds is 5. The zero-order valence-electron chi connectivity index (χ0n) is 8.16.